The molecule has 8 atom stereocenters. The van der Waals surface area contributed by atoms with E-state index in [9.17, 15) is 39.8 Å². The molecule has 0 bridgehead atoms. The zero-order valence-electron chi connectivity index (χ0n) is 34.9. The summed E-state index contributed by atoms with van der Waals surface area (Å²) in [5.41, 5.74) is 0. The molecule has 0 aromatic carbocycles. The normalized spacial score (nSPS) is 23.1. The quantitative estimate of drug-likeness (QED) is 0.0115. The monoisotopic (exact) mass is 821 g/mol. The average molecular weight is 821 g/mol. The molecule has 6 unspecified atom stereocenters. The van der Waals surface area contributed by atoms with E-state index in [0.717, 1.165) is 57.8 Å². The van der Waals surface area contributed by atoms with Gasteiger partial charge in [0, 0.05) is 6.42 Å². The largest absolute Gasteiger partial charge is 0.498 e. The lowest BCUT2D eigenvalue weighted by molar-refractivity contribution is -0.220. The molecule has 0 aliphatic heterocycles. The zero-order chi connectivity index (χ0) is 41.3. The Kier molecular flexibility index (Phi) is 32.5. The van der Waals surface area contributed by atoms with Gasteiger partial charge in [0.05, 0.1) is 12.9 Å². The number of ether oxygens (including phenoxy) is 2. The van der Waals surface area contributed by atoms with Crippen LogP contribution in [0.2, 0.25) is 0 Å². The van der Waals surface area contributed by atoms with E-state index in [2.05, 4.69) is 26.0 Å². The summed E-state index contributed by atoms with van der Waals surface area (Å²) in [4.78, 5) is 23.1. The van der Waals surface area contributed by atoms with Gasteiger partial charge in [0.2, 0.25) is 0 Å². The minimum absolute atomic E-state index is 0.161. The molecule has 1 aliphatic rings. The molecule has 0 aromatic heterocycles. The highest BCUT2D eigenvalue weighted by Crippen LogP contribution is 2.47. The lowest BCUT2D eigenvalue weighted by Crippen LogP contribution is -2.64. The van der Waals surface area contributed by atoms with E-state index in [1.54, 1.807) is 0 Å². The lowest BCUT2D eigenvalue weighted by atomic mass is 9.85. The third-order valence-corrected chi connectivity index (χ3v) is 11.4. The van der Waals surface area contributed by atoms with Crippen molar-refractivity contribution >= 4 is 13.8 Å². The number of hydrogen-bond acceptors (Lipinski definition) is 11. The van der Waals surface area contributed by atoms with Crippen molar-refractivity contribution in [3.8, 4) is 0 Å². The smallest absolute Gasteiger partial charge is 0.472 e. The predicted octanol–water partition coefficient (Wildman–Crippen LogP) is 8.88. The third-order valence-electron chi connectivity index (χ3n) is 10.4. The summed E-state index contributed by atoms with van der Waals surface area (Å²) in [6, 6.07) is 0. The summed E-state index contributed by atoms with van der Waals surface area (Å²) < 4.78 is 33.9. The van der Waals surface area contributed by atoms with Gasteiger partial charge in [-0.2, -0.15) is 0 Å². The Labute approximate surface area is 339 Å². The van der Waals surface area contributed by atoms with Gasteiger partial charge in [0.1, 0.15) is 43.2 Å². The van der Waals surface area contributed by atoms with Gasteiger partial charge in [0.15, 0.2) is 6.10 Å². The van der Waals surface area contributed by atoms with Crippen LogP contribution in [-0.4, -0.2) is 92.3 Å². The molecular formula is C43H81O12P. The van der Waals surface area contributed by atoms with E-state index in [4.69, 9.17) is 18.5 Å². The van der Waals surface area contributed by atoms with Crippen molar-refractivity contribution in [2.45, 2.75) is 230 Å². The minimum atomic E-state index is -5.03. The summed E-state index contributed by atoms with van der Waals surface area (Å²) in [5, 5.41) is 50.1. The number of allylic oxidation sites excluding steroid dienone is 3. The molecule has 0 aromatic rings. The standard InChI is InChI=1S/C43H81O12P/c1-3-5-7-9-11-13-15-17-19-20-22-24-26-28-30-32-37(44)54-36(34-52-33-31-29-27-25-23-21-18-16-14-12-10-8-6-4-2)35-53-56(50,51)55-43-41(48)39(46)38(45)40(47)42(43)49/h17,19,31,33,36,38-43,45-49H,3-16,18,20-30,32,34-35H2,1-2H3,(H,50,51)/b19-17-,33-31-/t36-,38?,39-,40?,41?,42?,43?/m1/s1. The fourth-order valence-corrected chi connectivity index (χ4v) is 7.76. The van der Waals surface area contributed by atoms with E-state index >= 15 is 0 Å². The van der Waals surface area contributed by atoms with E-state index in [-0.39, 0.29) is 13.0 Å². The number of carbonyl (C=O) groups is 1. The van der Waals surface area contributed by atoms with Gasteiger partial charge in [-0.3, -0.25) is 13.8 Å². The maximum Gasteiger partial charge on any atom is 0.472 e. The third kappa shape index (κ3) is 26.6. The molecule has 1 saturated carbocycles. The first-order valence-electron chi connectivity index (χ1n) is 22.2. The summed E-state index contributed by atoms with van der Waals surface area (Å²) in [7, 11) is -5.03. The average Bonchev–Trinajstić information content (AvgIpc) is 3.18. The van der Waals surface area contributed by atoms with Crippen LogP contribution in [-0.2, 0) is 27.9 Å². The van der Waals surface area contributed by atoms with Crippen LogP contribution < -0.4 is 0 Å². The molecule has 6 N–H and O–H groups in total. The number of rotatable bonds is 37. The van der Waals surface area contributed by atoms with Gasteiger partial charge in [-0.25, -0.2) is 4.57 Å². The highest BCUT2D eigenvalue weighted by Gasteiger charge is 2.51. The van der Waals surface area contributed by atoms with Crippen molar-refractivity contribution < 1.29 is 58.3 Å². The number of phosphoric acid groups is 1. The van der Waals surface area contributed by atoms with Crippen LogP contribution in [0, 0.1) is 0 Å². The number of aliphatic hydroxyl groups is 5. The second-order valence-electron chi connectivity index (χ2n) is 15.6. The second kappa shape index (κ2) is 34.5. The SMILES string of the molecule is CCCCCCCC/C=C\CCCCCCCC(=O)O[C@H](CO/C=C\CCCCCCCCCCCCCC)COP(=O)(O)OC1C(O)C(O)C(O)[C@@H](O)C1O. The Balaban J connectivity index is 2.45. The summed E-state index contributed by atoms with van der Waals surface area (Å²) in [6.07, 6.45) is 26.1. The summed E-state index contributed by atoms with van der Waals surface area (Å²) >= 11 is 0. The molecule has 330 valence electrons. The highest BCUT2D eigenvalue weighted by atomic mass is 31.2. The maximum absolute atomic E-state index is 12.8. The first-order valence-corrected chi connectivity index (χ1v) is 23.7. The number of carbonyl (C=O) groups excluding carboxylic acids is 1. The molecule has 12 nitrogen and oxygen atoms in total. The van der Waals surface area contributed by atoms with Gasteiger partial charge in [0.25, 0.3) is 0 Å². The Bertz CT molecular complexity index is 1030. The highest BCUT2D eigenvalue weighted by molar-refractivity contribution is 7.47. The van der Waals surface area contributed by atoms with Gasteiger partial charge in [-0.05, 0) is 51.0 Å². The van der Waals surface area contributed by atoms with Crippen molar-refractivity contribution in [3.05, 3.63) is 24.5 Å². The van der Waals surface area contributed by atoms with Crippen molar-refractivity contribution in [3.63, 3.8) is 0 Å². The Morgan fingerprint density at radius 2 is 0.946 bits per heavy atom. The Morgan fingerprint density at radius 3 is 1.41 bits per heavy atom. The van der Waals surface area contributed by atoms with Gasteiger partial charge in [-0.1, -0.05) is 148 Å². The maximum atomic E-state index is 12.8. The zero-order valence-corrected chi connectivity index (χ0v) is 35.8. The van der Waals surface area contributed by atoms with Gasteiger partial charge < -0.3 is 39.9 Å². The first kappa shape index (κ1) is 52.7. The molecule has 0 heterocycles. The second-order valence-corrected chi connectivity index (χ2v) is 17.0. The Morgan fingerprint density at radius 1 is 0.554 bits per heavy atom. The molecule has 13 heteroatoms. The van der Waals surface area contributed by atoms with Crippen LogP contribution in [0.1, 0.15) is 187 Å². The van der Waals surface area contributed by atoms with E-state index < -0.39 is 63.1 Å². The summed E-state index contributed by atoms with van der Waals surface area (Å²) in [6.45, 7) is 3.71. The molecule has 56 heavy (non-hydrogen) atoms. The fourth-order valence-electron chi connectivity index (χ4n) is 6.79. The number of unbranched alkanes of at least 4 members (excludes halogenated alkanes) is 23. The van der Waals surface area contributed by atoms with Gasteiger partial charge in [-0.15, -0.1) is 0 Å². The Hall–Kier alpha value is -1.34. The first-order chi connectivity index (χ1) is 27.0. The molecule has 1 aliphatic carbocycles. The van der Waals surface area contributed by atoms with Crippen LogP contribution >= 0.6 is 7.82 Å². The molecule has 0 saturated heterocycles. The fraction of sp³-hybridized carbons (Fsp3) is 0.884. The van der Waals surface area contributed by atoms with Crippen LogP contribution in [0.4, 0.5) is 0 Å². The molecule has 0 amide bonds. The number of esters is 1. The number of hydrogen-bond donors (Lipinski definition) is 6. The van der Waals surface area contributed by atoms with Crippen molar-refractivity contribution in [1.82, 2.24) is 0 Å². The van der Waals surface area contributed by atoms with Crippen LogP contribution in [0.25, 0.3) is 0 Å². The molecule has 1 rings (SSSR count). The van der Waals surface area contributed by atoms with Crippen LogP contribution in [0.5, 0.6) is 0 Å². The van der Waals surface area contributed by atoms with E-state index in [1.165, 1.54) is 109 Å². The van der Waals surface area contributed by atoms with Crippen molar-refractivity contribution in [2.24, 2.45) is 0 Å². The number of aliphatic hydroxyl groups excluding tert-OH is 5. The topological polar surface area (TPSA) is 192 Å². The molecule has 1 fully saturated rings. The van der Waals surface area contributed by atoms with Crippen LogP contribution in [0.3, 0.4) is 0 Å². The summed E-state index contributed by atoms with van der Waals surface area (Å²) in [5.74, 6) is -0.507. The van der Waals surface area contributed by atoms with Gasteiger partial charge >= 0.3 is 13.8 Å². The molecular weight excluding hydrogens is 739 g/mol. The minimum Gasteiger partial charge on any atom is -0.498 e. The van der Waals surface area contributed by atoms with Crippen LogP contribution in [0.15, 0.2) is 24.5 Å². The molecule has 0 spiro atoms. The van der Waals surface area contributed by atoms with Crippen molar-refractivity contribution in [1.29, 1.82) is 0 Å². The van der Waals surface area contributed by atoms with Crippen molar-refractivity contribution in [2.75, 3.05) is 13.2 Å². The van der Waals surface area contributed by atoms with E-state index in [0.29, 0.717) is 6.42 Å². The number of phosphoric ester groups is 1. The predicted molar refractivity (Wildman–Crippen MR) is 221 cm³/mol. The lowest BCUT2D eigenvalue weighted by Gasteiger charge is -2.41. The van der Waals surface area contributed by atoms with E-state index in [1.807, 2.05) is 6.08 Å². The molecule has 0 radical (unpaired) electrons.